The summed E-state index contributed by atoms with van der Waals surface area (Å²) in [7, 11) is 0. The van der Waals surface area contributed by atoms with Crippen LogP contribution >= 0.6 is 11.3 Å². The van der Waals surface area contributed by atoms with E-state index in [2.05, 4.69) is 48.6 Å². The van der Waals surface area contributed by atoms with E-state index >= 15 is 0 Å². The molecule has 1 aromatic heterocycles. The molecule has 0 amide bonds. The molecule has 0 saturated carbocycles. The van der Waals surface area contributed by atoms with Gasteiger partial charge in [0.25, 0.3) is 0 Å². The van der Waals surface area contributed by atoms with E-state index in [4.69, 9.17) is 14.5 Å². The van der Waals surface area contributed by atoms with Crippen LogP contribution < -0.4 is 9.47 Å². The first-order chi connectivity index (χ1) is 12.4. The Morgan fingerprint density at radius 1 is 0.880 bits per heavy atom. The molecule has 0 radical (unpaired) electrons. The summed E-state index contributed by atoms with van der Waals surface area (Å²) in [6.07, 6.45) is 4.13. The average molecular weight is 345 g/mol. The predicted molar refractivity (Wildman–Crippen MR) is 103 cm³/mol. The molecule has 25 heavy (non-hydrogen) atoms. The lowest BCUT2D eigenvalue weighted by Crippen LogP contribution is -2.15. The molecular formula is C21H15NO2S. The van der Waals surface area contributed by atoms with Crippen molar-refractivity contribution < 1.29 is 9.47 Å². The van der Waals surface area contributed by atoms with E-state index in [0.717, 1.165) is 27.6 Å². The van der Waals surface area contributed by atoms with Crippen molar-refractivity contribution in [2.75, 3.05) is 13.2 Å². The number of hydrogen-bond donors (Lipinski definition) is 0. The second kappa shape index (κ2) is 5.90. The van der Waals surface area contributed by atoms with Crippen LogP contribution in [0.4, 0.5) is 0 Å². The summed E-state index contributed by atoms with van der Waals surface area (Å²) in [5, 5.41) is 3.43. The molecule has 0 unspecified atom stereocenters. The summed E-state index contributed by atoms with van der Waals surface area (Å²) in [5.74, 6) is 1.62. The van der Waals surface area contributed by atoms with Crippen LogP contribution in [0.15, 0.2) is 54.6 Å². The van der Waals surface area contributed by atoms with Gasteiger partial charge in [0.05, 0.1) is 10.2 Å². The largest absolute Gasteiger partial charge is 0.486 e. The molecule has 0 aliphatic carbocycles. The van der Waals surface area contributed by atoms with Crippen LogP contribution in [0.1, 0.15) is 10.6 Å². The lowest BCUT2D eigenvalue weighted by Gasteiger charge is -2.18. The molecule has 3 aromatic carbocycles. The van der Waals surface area contributed by atoms with E-state index in [-0.39, 0.29) is 0 Å². The summed E-state index contributed by atoms with van der Waals surface area (Å²) in [4.78, 5) is 4.82. The highest BCUT2D eigenvalue weighted by Gasteiger charge is 2.11. The molecule has 0 N–H and O–H groups in total. The molecular weight excluding hydrogens is 330 g/mol. The van der Waals surface area contributed by atoms with Gasteiger partial charge >= 0.3 is 0 Å². The lowest BCUT2D eigenvalue weighted by atomic mass is 10.1. The van der Waals surface area contributed by atoms with Crippen molar-refractivity contribution in [3.8, 4) is 11.5 Å². The van der Waals surface area contributed by atoms with Crippen LogP contribution in [0, 0.1) is 0 Å². The minimum Gasteiger partial charge on any atom is -0.486 e. The minimum atomic E-state index is 0.602. The number of aromatic nitrogens is 1. The van der Waals surface area contributed by atoms with Gasteiger partial charge < -0.3 is 9.47 Å². The van der Waals surface area contributed by atoms with Gasteiger partial charge in [-0.15, -0.1) is 11.3 Å². The Kier molecular flexibility index (Phi) is 3.42. The van der Waals surface area contributed by atoms with Crippen molar-refractivity contribution in [3.05, 3.63) is 65.2 Å². The highest BCUT2D eigenvalue weighted by atomic mass is 32.1. The Bertz CT molecular complexity index is 1110. The van der Waals surface area contributed by atoms with E-state index in [1.54, 1.807) is 11.3 Å². The lowest BCUT2D eigenvalue weighted by molar-refractivity contribution is 0.171. The zero-order valence-electron chi connectivity index (χ0n) is 13.4. The summed E-state index contributed by atoms with van der Waals surface area (Å²) < 4.78 is 12.4. The number of hydrogen-bond acceptors (Lipinski definition) is 4. The third kappa shape index (κ3) is 2.65. The van der Waals surface area contributed by atoms with E-state index < -0.39 is 0 Å². The molecule has 0 fully saturated rings. The second-order valence-electron chi connectivity index (χ2n) is 5.92. The molecule has 122 valence electrons. The fourth-order valence-electron chi connectivity index (χ4n) is 3.08. The van der Waals surface area contributed by atoms with Crippen molar-refractivity contribution in [2.45, 2.75) is 0 Å². The van der Waals surface area contributed by atoms with Gasteiger partial charge in [0, 0.05) is 5.39 Å². The van der Waals surface area contributed by atoms with Crippen LogP contribution in [0.5, 0.6) is 11.5 Å². The number of thiazole rings is 1. The SMILES string of the molecule is C(=Cc1nc2c(ccc3ccccc32)s1)c1ccc2c(c1)OCCO2. The maximum atomic E-state index is 5.64. The molecule has 3 nitrogen and oxygen atoms in total. The highest BCUT2D eigenvalue weighted by Crippen LogP contribution is 2.32. The summed E-state index contributed by atoms with van der Waals surface area (Å²) in [5.41, 5.74) is 2.15. The molecule has 5 rings (SSSR count). The first-order valence-corrected chi connectivity index (χ1v) is 9.04. The molecule has 4 aromatic rings. The molecule has 0 saturated heterocycles. The molecule has 1 aliphatic heterocycles. The Morgan fingerprint density at radius 2 is 1.76 bits per heavy atom. The summed E-state index contributed by atoms with van der Waals surface area (Å²) in [6, 6.07) is 18.7. The number of rotatable bonds is 2. The predicted octanol–water partition coefficient (Wildman–Crippen LogP) is 5.39. The maximum Gasteiger partial charge on any atom is 0.161 e. The fraction of sp³-hybridized carbons (Fsp3) is 0.0952. The first kappa shape index (κ1) is 14.5. The highest BCUT2D eigenvalue weighted by molar-refractivity contribution is 7.19. The van der Waals surface area contributed by atoms with Gasteiger partial charge in [-0.1, -0.05) is 42.5 Å². The zero-order chi connectivity index (χ0) is 16.6. The zero-order valence-corrected chi connectivity index (χ0v) is 14.3. The fourth-order valence-corrected chi connectivity index (χ4v) is 3.97. The Hall–Kier alpha value is -2.85. The monoisotopic (exact) mass is 345 g/mol. The number of benzene rings is 3. The molecule has 0 spiro atoms. The average Bonchev–Trinajstić information content (AvgIpc) is 3.10. The van der Waals surface area contributed by atoms with E-state index in [9.17, 15) is 0 Å². The van der Waals surface area contributed by atoms with Crippen LogP contribution in [0.3, 0.4) is 0 Å². The van der Waals surface area contributed by atoms with Gasteiger partial charge in [0.1, 0.15) is 18.2 Å². The summed E-state index contributed by atoms with van der Waals surface area (Å²) in [6.45, 7) is 1.22. The number of nitrogens with zero attached hydrogens (tertiary/aromatic N) is 1. The standard InChI is InChI=1S/C21H15NO2S/c1-2-4-16-15(3-1)7-9-19-21(16)22-20(25-19)10-6-14-5-8-17-18(13-14)24-12-11-23-17/h1-10,13H,11-12H2. The van der Waals surface area contributed by atoms with Gasteiger partial charge in [-0.3, -0.25) is 0 Å². The van der Waals surface area contributed by atoms with Gasteiger partial charge in [0.15, 0.2) is 11.5 Å². The minimum absolute atomic E-state index is 0.602. The topological polar surface area (TPSA) is 31.4 Å². The smallest absolute Gasteiger partial charge is 0.161 e. The third-order valence-electron chi connectivity index (χ3n) is 4.28. The van der Waals surface area contributed by atoms with E-state index in [1.807, 2.05) is 18.2 Å². The molecule has 0 atom stereocenters. The quantitative estimate of drug-likeness (QED) is 0.488. The summed E-state index contributed by atoms with van der Waals surface area (Å²) >= 11 is 1.71. The van der Waals surface area contributed by atoms with Crippen LogP contribution in [0.2, 0.25) is 0 Å². The first-order valence-electron chi connectivity index (χ1n) is 8.23. The van der Waals surface area contributed by atoms with Crippen molar-refractivity contribution in [3.63, 3.8) is 0 Å². The van der Waals surface area contributed by atoms with Crippen molar-refractivity contribution in [1.29, 1.82) is 0 Å². The number of fused-ring (bicyclic) bond motifs is 4. The molecule has 1 aliphatic rings. The maximum absolute atomic E-state index is 5.64. The van der Waals surface area contributed by atoms with Crippen molar-refractivity contribution in [2.24, 2.45) is 0 Å². The Balaban J connectivity index is 1.51. The van der Waals surface area contributed by atoms with E-state index in [0.29, 0.717) is 13.2 Å². The van der Waals surface area contributed by atoms with Crippen molar-refractivity contribution in [1.82, 2.24) is 4.98 Å². The number of ether oxygens (including phenoxy) is 2. The Morgan fingerprint density at radius 3 is 2.72 bits per heavy atom. The van der Waals surface area contributed by atoms with Crippen LogP contribution in [-0.4, -0.2) is 18.2 Å². The normalized spacial score (nSPS) is 13.8. The van der Waals surface area contributed by atoms with Gasteiger partial charge in [-0.05, 0) is 35.2 Å². The van der Waals surface area contributed by atoms with Gasteiger partial charge in [-0.25, -0.2) is 4.98 Å². The van der Waals surface area contributed by atoms with Crippen molar-refractivity contribution >= 4 is 44.5 Å². The van der Waals surface area contributed by atoms with Crippen LogP contribution in [-0.2, 0) is 0 Å². The Labute approximate surface area is 149 Å². The van der Waals surface area contributed by atoms with E-state index in [1.165, 1.54) is 15.5 Å². The van der Waals surface area contributed by atoms with Gasteiger partial charge in [-0.2, -0.15) is 0 Å². The molecule has 2 heterocycles. The molecule has 0 bridgehead atoms. The molecule has 4 heteroatoms. The second-order valence-corrected chi connectivity index (χ2v) is 6.98. The third-order valence-corrected chi connectivity index (χ3v) is 5.27. The van der Waals surface area contributed by atoms with Crippen LogP contribution in [0.25, 0.3) is 33.1 Å². The van der Waals surface area contributed by atoms with Gasteiger partial charge in [0.2, 0.25) is 0 Å².